The lowest BCUT2D eigenvalue weighted by atomic mass is 9.96. The Morgan fingerprint density at radius 2 is 2.00 bits per heavy atom. The Kier molecular flexibility index (Phi) is 4.32. The standard InChI is InChI=1S/C14H24N4O2/c1-10-12(14(19)20)13(17(4)15-10)18-7-5-11(6-8-18)9-16(2)3/h11H,5-9H2,1-4H3,(H,19,20). The van der Waals surface area contributed by atoms with E-state index in [1.165, 1.54) is 0 Å². The normalized spacial score (nSPS) is 16.9. The maximum atomic E-state index is 11.4. The molecule has 2 rings (SSSR count). The summed E-state index contributed by atoms with van der Waals surface area (Å²) in [5, 5.41) is 13.6. The van der Waals surface area contributed by atoms with E-state index in [1.807, 2.05) is 7.05 Å². The van der Waals surface area contributed by atoms with Gasteiger partial charge in [0.15, 0.2) is 0 Å². The van der Waals surface area contributed by atoms with Crippen molar-refractivity contribution in [3.63, 3.8) is 0 Å². The summed E-state index contributed by atoms with van der Waals surface area (Å²) in [6.45, 7) is 4.66. The minimum atomic E-state index is -0.888. The average molecular weight is 280 g/mol. The first-order chi connectivity index (χ1) is 9.40. The molecule has 2 heterocycles. The van der Waals surface area contributed by atoms with Crippen LogP contribution < -0.4 is 4.90 Å². The number of piperidine rings is 1. The van der Waals surface area contributed by atoms with Crippen molar-refractivity contribution in [1.82, 2.24) is 14.7 Å². The van der Waals surface area contributed by atoms with Crippen LogP contribution in [0.3, 0.4) is 0 Å². The number of hydrogen-bond acceptors (Lipinski definition) is 4. The lowest BCUT2D eigenvalue weighted by Gasteiger charge is -2.34. The van der Waals surface area contributed by atoms with Gasteiger partial charge in [0.2, 0.25) is 0 Å². The van der Waals surface area contributed by atoms with Crippen LogP contribution in [0, 0.1) is 12.8 Å². The molecule has 1 aliphatic heterocycles. The highest BCUT2D eigenvalue weighted by Gasteiger charge is 2.27. The van der Waals surface area contributed by atoms with Gasteiger partial charge in [-0.15, -0.1) is 0 Å². The maximum Gasteiger partial charge on any atom is 0.341 e. The van der Waals surface area contributed by atoms with Gasteiger partial charge in [-0.25, -0.2) is 4.79 Å². The highest BCUT2D eigenvalue weighted by atomic mass is 16.4. The van der Waals surface area contributed by atoms with Crippen molar-refractivity contribution in [1.29, 1.82) is 0 Å². The van der Waals surface area contributed by atoms with Gasteiger partial charge in [0.05, 0.1) is 5.69 Å². The lowest BCUT2D eigenvalue weighted by molar-refractivity contribution is 0.0696. The van der Waals surface area contributed by atoms with Crippen LogP contribution in [0.4, 0.5) is 5.82 Å². The van der Waals surface area contributed by atoms with Gasteiger partial charge < -0.3 is 14.9 Å². The number of carbonyl (C=O) groups is 1. The Labute approximate surface area is 120 Å². The van der Waals surface area contributed by atoms with Gasteiger partial charge in [0.25, 0.3) is 0 Å². The number of anilines is 1. The first-order valence-corrected chi connectivity index (χ1v) is 7.06. The molecule has 1 aromatic heterocycles. The Hall–Kier alpha value is -1.56. The SMILES string of the molecule is Cc1nn(C)c(N2CCC(CN(C)C)CC2)c1C(=O)O. The van der Waals surface area contributed by atoms with Crippen molar-refractivity contribution in [3.05, 3.63) is 11.3 Å². The maximum absolute atomic E-state index is 11.4. The summed E-state index contributed by atoms with van der Waals surface area (Å²) in [4.78, 5) is 15.8. The molecule has 0 atom stereocenters. The Morgan fingerprint density at radius 1 is 1.40 bits per heavy atom. The summed E-state index contributed by atoms with van der Waals surface area (Å²) < 4.78 is 1.70. The fourth-order valence-electron chi connectivity index (χ4n) is 3.10. The summed E-state index contributed by atoms with van der Waals surface area (Å²) in [7, 11) is 6.01. The van der Waals surface area contributed by atoms with Crippen LogP contribution in [-0.4, -0.2) is 59.5 Å². The van der Waals surface area contributed by atoms with Gasteiger partial charge >= 0.3 is 5.97 Å². The van der Waals surface area contributed by atoms with Crippen LogP contribution in [0.15, 0.2) is 0 Å². The predicted octanol–water partition coefficient (Wildman–Crippen LogP) is 1.20. The van der Waals surface area contributed by atoms with E-state index in [2.05, 4.69) is 29.0 Å². The highest BCUT2D eigenvalue weighted by molar-refractivity contribution is 5.94. The first kappa shape index (κ1) is 14.8. The Bertz CT molecular complexity index is 488. The predicted molar refractivity (Wildman–Crippen MR) is 78.4 cm³/mol. The number of aromatic carboxylic acids is 1. The van der Waals surface area contributed by atoms with E-state index in [4.69, 9.17) is 0 Å². The Balaban J connectivity index is 2.13. The van der Waals surface area contributed by atoms with E-state index in [-0.39, 0.29) is 0 Å². The highest BCUT2D eigenvalue weighted by Crippen LogP contribution is 2.28. The van der Waals surface area contributed by atoms with Gasteiger partial charge in [-0.1, -0.05) is 0 Å². The second-order valence-corrected chi connectivity index (χ2v) is 5.91. The molecule has 0 bridgehead atoms. The third-order valence-corrected chi connectivity index (χ3v) is 3.94. The van der Waals surface area contributed by atoms with Crippen molar-refractivity contribution in [2.24, 2.45) is 13.0 Å². The molecule has 6 nitrogen and oxygen atoms in total. The van der Waals surface area contributed by atoms with Crippen molar-refractivity contribution < 1.29 is 9.90 Å². The van der Waals surface area contributed by atoms with Gasteiger partial charge in [-0.05, 0) is 39.8 Å². The van der Waals surface area contributed by atoms with E-state index >= 15 is 0 Å². The van der Waals surface area contributed by atoms with Crippen molar-refractivity contribution in [3.8, 4) is 0 Å². The van der Waals surface area contributed by atoms with E-state index in [9.17, 15) is 9.90 Å². The molecule has 1 N–H and O–H groups in total. The third kappa shape index (κ3) is 2.95. The minimum Gasteiger partial charge on any atom is -0.477 e. The largest absolute Gasteiger partial charge is 0.477 e. The second-order valence-electron chi connectivity index (χ2n) is 5.91. The number of aryl methyl sites for hydroxylation is 2. The summed E-state index contributed by atoms with van der Waals surface area (Å²) in [6, 6.07) is 0. The molecule has 0 radical (unpaired) electrons. The quantitative estimate of drug-likeness (QED) is 0.898. The minimum absolute atomic E-state index is 0.346. The molecular weight excluding hydrogens is 256 g/mol. The summed E-state index contributed by atoms with van der Waals surface area (Å²) in [5.74, 6) is 0.558. The molecule has 6 heteroatoms. The fraction of sp³-hybridized carbons (Fsp3) is 0.714. The number of nitrogens with zero attached hydrogens (tertiary/aromatic N) is 4. The Morgan fingerprint density at radius 3 is 2.50 bits per heavy atom. The molecule has 1 aromatic rings. The molecular formula is C14H24N4O2. The zero-order chi connectivity index (χ0) is 14.9. The van der Waals surface area contributed by atoms with Gasteiger partial charge in [-0.2, -0.15) is 5.10 Å². The third-order valence-electron chi connectivity index (χ3n) is 3.94. The lowest BCUT2D eigenvalue weighted by Crippen LogP contribution is -2.38. The molecule has 0 spiro atoms. The van der Waals surface area contributed by atoms with Crippen molar-refractivity contribution >= 4 is 11.8 Å². The first-order valence-electron chi connectivity index (χ1n) is 7.06. The van der Waals surface area contributed by atoms with E-state index < -0.39 is 5.97 Å². The molecule has 1 fully saturated rings. The van der Waals surface area contributed by atoms with E-state index in [1.54, 1.807) is 11.6 Å². The molecule has 1 aliphatic rings. The van der Waals surface area contributed by atoms with Crippen LogP contribution in [-0.2, 0) is 7.05 Å². The molecule has 0 amide bonds. The topological polar surface area (TPSA) is 61.6 Å². The summed E-state index contributed by atoms with van der Waals surface area (Å²) in [6.07, 6.45) is 2.20. The number of rotatable bonds is 4. The van der Waals surface area contributed by atoms with E-state index in [0.29, 0.717) is 17.2 Å². The second kappa shape index (κ2) is 5.83. The molecule has 0 aromatic carbocycles. The summed E-state index contributed by atoms with van der Waals surface area (Å²) in [5.41, 5.74) is 0.934. The molecule has 20 heavy (non-hydrogen) atoms. The molecule has 112 valence electrons. The molecule has 0 unspecified atom stereocenters. The smallest absolute Gasteiger partial charge is 0.341 e. The van der Waals surface area contributed by atoms with Gasteiger partial charge in [0.1, 0.15) is 11.4 Å². The number of hydrogen-bond donors (Lipinski definition) is 1. The van der Waals surface area contributed by atoms with Crippen LogP contribution >= 0.6 is 0 Å². The van der Waals surface area contributed by atoms with Gasteiger partial charge in [-0.3, -0.25) is 4.68 Å². The number of aromatic nitrogens is 2. The van der Waals surface area contributed by atoms with Crippen LogP contribution in [0.2, 0.25) is 0 Å². The van der Waals surface area contributed by atoms with Gasteiger partial charge in [0, 0.05) is 26.7 Å². The zero-order valence-corrected chi connectivity index (χ0v) is 12.8. The molecule has 0 aliphatic carbocycles. The van der Waals surface area contributed by atoms with Crippen molar-refractivity contribution in [2.75, 3.05) is 38.6 Å². The van der Waals surface area contributed by atoms with Crippen molar-refractivity contribution in [2.45, 2.75) is 19.8 Å². The van der Waals surface area contributed by atoms with Crippen LogP contribution in [0.1, 0.15) is 28.9 Å². The molecule has 1 saturated heterocycles. The number of carboxylic acids is 1. The fourth-order valence-corrected chi connectivity index (χ4v) is 3.10. The summed E-state index contributed by atoms with van der Waals surface area (Å²) >= 11 is 0. The van der Waals surface area contributed by atoms with Crippen LogP contribution in [0.25, 0.3) is 0 Å². The van der Waals surface area contributed by atoms with Crippen LogP contribution in [0.5, 0.6) is 0 Å². The monoisotopic (exact) mass is 280 g/mol. The average Bonchev–Trinajstić information content (AvgIpc) is 2.64. The van der Waals surface area contributed by atoms with E-state index in [0.717, 1.165) is 38.3 Å². The molecule has 0 saturated carbocycles. The number of carboxylic acid groups (broad SMARTS) is 1. The zero-order valence-electron chi connectivity index (χ0n) is 12.8.